The lowest BCUT2D eigenvalue weighted by Gasteiger charge is -2.32. The van der Waals surface area contributed by atoms with Crippen LogP contribution in [0.2, 0.25) is 5.02 Å². The summed E-state index contributed by atoms with van der Waals surface area (Å²) in [5, 5.41) is 18.0. The largest absolute Gasteiger partial charge is 0.457 e. The average molecular weight is 599 g/mol. The molecular formula is C33H31ClN4O3S. The number of nitrogens with zero attached hydrogens (tertiary/aromatic N) is 3. The molecule has 3 heterocycles. The molecule has 2 aromatic heterocycles. The predicted octanol–water partition coefficient (Wildman–Crippen LogP) is 8.19. The number of hydrogen-bond acceptors (Lipinski definition) is 7. The second-order valence-corrected chi connectivity index (χ2v) is 12.1. The van der Waals surface area contributed by atoms with Gasteiger partial charge in [0.05, 0.1) is 15.9 Å². The number of ketones is 1. The van der Waals surface area contributed by atoms with Gasteiger partial charge in [-0.3, -0.25) is 4.79 Å². The molecule has 1 aliphatic carbocycles. The molecule has 0 amide bonds. The number of benzene rings is 3. The first-order chi connectivity index (χ1) is 20.3. The lowest BCUT2D eigenvalue weighted by Crippen LogP contribution is -2.27. The number of hydrogen-bond donors (Lipinski definition) is 2. The van der Waals surface area contributed by atoms with Crippen molar-refractivity contribution in [3.05, 3.63) is 106 Å². The Labute approximate surface area is 253 Å². The Balaban J connectivity index is 0.000000744. The SMILES string of the molecule is CC(C)O.Cc1nn(-c2nc3ccccc3s2)c2c1C(c1cccc(Oc3ccc(Cl)cc3)c1)C1=C(CCCC1=O)N2. The van der Waals surface area contributed by atoms with Crippen molar-refractivity contribution in [3.63, 3.8) is 0 Å². The Morgan fingerprint density at radius 2 is 1.81 bits per heavy atom. The van der Waals surface area contributed by atoms with Gasteiger partial charge in [0, 0.05) is 40.3 Å². The van der Waals surface area contributed by atoms with Gasteiger partial charge in [-0.25, -0.2) is 4.98 Å². The maximum Gasteiger partial charge on any atom is 0.213 e. The summed E-state index contributed by atoms with van der Waals surface area (Å²) < 4.78 is 9.16. The summed E-state index contributed by atoms with van der Waals surface area (Å²) in [6.07, 6.45) is 2.04. The lowest BCUT2D eigenvalue weighted by atomic mass is 9.76. The fourth-order valence-electron chi connectivity index (χ4n) is 5.44. The van der Waals surface area contributed by atoms with Crippen molar-refractivity contribution in [3.8, 4) is 16.6 Å². The third-order valence-electron chi connectivity index (χ3n) is 7.11. The van der Waals surface area contributed by atoms with Crippen molar-refractivity contribution in [1.82, 2.24) is 14.8 Å². The van der Waals surface area contributed by atoms with Crippen LogP contribution < -0.4 is 10.1 Å². The number of rotatable bonds is 4. The standard InChI is InChI=1S/C30H23ClN4O2S.C3H8O/c1-17-26-27(18-6-4-7-21(16-18)37-20-14-12-19(31)13-15-20)28-23(9-5-10-24(28)36)32-29(26)35(34-17)30-33-22-8-2-3-11-25(22)38-30;1-3(2)4/h2-4,6-8,11-16,27,32H,5,9-10H2,1H3;3-4H,1-2H3. The van der Waals surface area contributed by atoms with E-state index in [0.29, 0.717) is 22.9 Å². The minimum absolute atomic E-state index is 0.167. The van der Waals surface area contributed by atoms with E-state index in [4.69, 9.17) is 31.5 Å². The minimum Gasteiger partial charge on any atom is -0.457 e. The fourth-order valence-corrected chi connectivity index (χ4v) is 6.49. The molecule has 0 radical (unpaired) electrons. The van der Waals surface area contributed by atoms with Crippen LogP contribution in [0, 0.1) is 6.92 Å². The van der Waals surface area contributed by atoms with E-state index >= 15 is 0 Å². The van der Waals surface area contributed by atoms with Crippen LogP contribution >= 0.6 is 22.9 Å². The first kappa shape index (κ1) is 28.2. The highest BCUT2D eigenvalue weighted by Gasteiger charge is 2.39. The van der Waals surface area contributed by atoms with Crippen molar-refractivity contribution in [2.24, 2.45) is 0 Å². The number of thiazole rings is 1. The van der Waals surface area contributed by atoms with Gasteiger partial charge in [0.25, 0.3) is 0 Å². The molecule has 3 aromatic carbocycles. The number of halogens is 1. The van der Waals surface area contributed by atoms with Gasteiger partial charge in [-0.15, -0.1) is 0 Å². The Bertz CT molecular complexity index is 1770. The molecule has 2 aliphatic rings. The average Bonchev–Trinajstić information content (AvgIpc) is 3.54. The van der Waals surface area contributed by atoms with Crippen molar-refractivity contribution < 1.29 is 14.6 Å². The molecule has 1 unspecified atom stereocenters. The molecule has 0 spiro atoms. The number of carbonyl (C=O) groups is 1. The highest BCUT2D eigenvalue weighted by molar-refractivity contribution is 7.20. The number of carbonyl (C=O) groups excluding carboxylic acids is 1. The highest BCUT2D eigenvalue weighted by Crippen LogP contribution is 2.48. The van der Waals surface area contributed by atoms with Gasteiger partial charge in [0.1, 0.15) is 17.3 Å². The van der Waals surface area contributed by atoms with Gasteiger partial charge in [0.15, 0.2) is 5.78 Å². The maximum atomic E-state index is 13.4. The molecule has 7 nitrogen and oxygen atoms in total. The summed E-state index contributed by atoms with van der Waals surface area (Å²) in [6, 6.07) is 23.4. The van der Waals surface area contributed by atoms with Crippen LogP contribution in [-0.4, -0.2) is 31.8 Å². The monoisotopic (exact) mass is 598 g/mol. The van der Waals surface area contributed by atoms with E-state index in [9.17, 15) is 4.79 Å². The number of para-hydroxylation sites is 1. The molecule has 42 heavy (non-hydrogen) atoms. The fraction of sp³-hybridized carbons (Fsp3) is 0.242. The number of aliphatic hydroxyl groups excluding tert-OH is 1. The molecule has 0 saturated heterocycles. The van der Waals surface area contributed by atoms with Gasteiger partial charge in [-0.05, 0) is 87.7 Å². The minimum atomic E-state index is -0.244. The van der Waals surface area contributed by atoms with E-state index in [0.717, 1.165) is 62.1 Å². The van der Waals surface area contributed by atoms with E-state index < -0.39 is 0 Å². The second kappa shape index (κ2) is 11.7. The molecule has 1 atom stereocenters. The summed E-state index contributed by atoms with van der Waals surface area (Å²) in [5.74, 6) is 2.22. The van der Waals surface area contributed by atoms with Gasteiger partial charge < -0.3 is 15.2 Å². The summed E-state index contributed by atoms with van der Waals surface area (Å²) in [5.41, 5.74) is 5.62. The maximum absolute atomic E-state index is 13.4. The number of aromatic nitrogens is 3. The molecule has 9 heteroatoms. The molecule has 1 aliphatic heterocycles. The molecular weight excluding hydrogens is 568 g/mol. The first-order valence-corrected chi connectivity index (χ1v) is 15.2. The molecule has 2 N–H and O–H groups in total. The zero-order valence-electron chi connectivity index (χ0n) is 23.6. The third-order valence-corrected chi connectivity index (χ3v) is 8.38. The predicted molar refractivity (Wildman–Crippen MR) is 168 cm³/mol. The van der Waals surface area contributed by atoms with E-state index in [1.54, 1.807) is 37.3 Å². The summed E-state index contributed by atoms with van der Waals surface area (Å²) in [7, 11) is 0. The van der Waals surface area contributed by atoms with Crippen LogP contribution in [0.5, 0.6) is 11.5 Å². The van der Waals surface area contributed by atoms with Crippen LogP contribution in [0.1, 0.15) is 55.8 Å². The van der Waals surface area contributed by atoms with Crippen molar-refractivity contribution in [2.75, 3.05) is 5.32 Å². The van der Waals surface area contributed by atoms with Gasteiger partial charge in [0.2, 0.25) is 5.13 Å². The molecule has 0 fully saturated rings. The zero-order chi connectivity index (χ0) is 29.4. The number of anilines is 1. The van der Waals surface area contributed by atoms with Crippen molar-refractivity contribution in [2.45, 2.75) is 52.1 Å². The smallest absolute Gasteiger partial charge is 0.213 e. The Kier molecular flexibility index (Phi) is 7.86. The Morgan fingerprint density at radius 1 is 1.05 bits per heavy atom. The van der Waals surface area contributed by atoms with E-state index in [1.165, 1.54) is 0 Å². The molecule has 0 bridgehead atoms. The van der Waals surface area contributed by atoms with E-state index in [1.807, 2.05) is 60.1 Å². The van der Waals surface area contributed by atoms with Gasteiger partial charge in [-0.2, -0.15) is 9.78 Å². The molecule has 214 valence electrons. The highest BCUT2D eigenvalue weighted by atomic mass is 35.5. The number of ether oxygens (including phenoxy) is 1. The topological polar surface area (TPSA) is 89.3 Å². The number of aryl methyl sites for hydroxylation is 1. The zero-order valence-corrected chi connectivity index (χ0v) is 25.2. The van der Waals surface area contributed by atoms with Crippen LogP contribution in [0.3, 0.4) is 0 Å². The van der Waals surface area contributed by atoms with Gasteiger partial charge in [-0.1, -0.05) is 47.2 Å². The second-order valence-electron chi connectivity index (χ2n) is 10.7. The summed E-state index contributed by atoms with van der Waals surface area (Å²) in [6.45, 7) is 5.45. The van der Waals surface area contributed by atoms with Crippen molar-refractivity contribution >= 4 is 44.8 Å². The number of fused-ring (bicyclic) bond motifs is 2. The number of allylic oxidation sites excluding steroid dienone is 2. The van der Waals surface area contributed by atoms with E-state index in [-0.39, 0.29) is 17.8 Å². The van der Waals surface area contributed by atoms with Crippen molar-refractivity contribution in [1.29, 1.82) is 0 Å². The van der Waals surface area contributed by atoms with E-state index in [2.05, 4.69) is 17.4 Å². The molecule has 0 saturated carbocycles. The third kappa shape index (κ3) is 5.57. The van der Waals surface area contributed by atoms with Gasteiger partial charge >= 0.3 is 0 Å². The normalized spacial score (nSPS) is 16.0. The Hall–Kier alpha value is -3.98. The quantitative estimate of drug-likeness (QED) is 0.217. The Morgan fingerprint density at radius 3 is 2.57 bits per heavy atom. The van der Waals surface area contributed by atoms with Crippen LogP contribution in [0.4, 0.5) is 5.82 Å². The molecule has 7 rings (SSSR count). The summed E-state index contributed by atoms with van der Waals surface area (Å²) in [4.78, 5) is 18.2. The van der Waals surface area contributed by atoms with Crippen LogP contribution in [0.25, 0.3) is 15.3 Å². The first-order valence-electron chi connectivity index (χ1n) is 14.0. The summed E-state index contributed by atoms with van der Waals surface area (Å²) >= 11 is 7.65. The number of Topliss-reactive ketones (excluding diaryl/α,β-unsaturated/α-hetero) is 1. The van der Waals surface area contributed by atoms with Crippen LogP contribution in [-0.2, 0) is 4.79 Å². The number of nitrogens with one attached hydrogen (secondary N) is 1. The molecule has 5 aromatic rings. The number of aliphatic hydroxyl groups is 1. The van der Waals surface area contributed by atoms with Crippen LogP contribution in [0.15, 0.2) is 84.1 Å². The lowest BCUT2D eigenvalue weighted by molar-refractivity contribution is -0.116.